The molecule has 7 heteroatoms. The fourth-order valence-electron chi connectivity index (χ4n) is 1.91. The molecule has 0 saturated carbocycles. The van der Waals surface area contributed by atoms with Crippen molar-refractivity contribution >= 4 is 23.7 Å². The number of carbonyl (C=O) groups is 1. The molecular formula is C11H14ClN3O3. The zero-order valence-corrected chi connectivity index (χ0v) is 10.5. The third-order valence-electron chi connectivity index (χ3n) is 3.09. The van der Waals surface area contributed by atoms with Crippen molar-refractivity contribution in [2.24, 2.45) is 0 Å². The lowest BCUT2D eigenvalue weighted by atomic mass is 9.91. The van der Waals surface area contributed by atoms with Crippen molar-refractivity contribution in [3.63, 3.8) is 0 Å². The molecule has 0 aliphatic carbocycles. The van der Waals surface area contributed by atoms with Crippen LogP contribution in [0.2, 0.25) is 5.15 Å². The van der Waals surface area contributed by atoms with Gasteiger partial charge < -0.3 is 15.2 Å². The van der Waals surface area contributed by atoms with E-state index in [0.29, 0.717) is 38.2 Å². The van der Waals surface area contributed by atoms with Gasteiger partial charge in [0.05, 0.1) is 17.7 Å². The number of nitrogens with zero attached hydrogens (tertiary/aromatic N) is 2. The highest BCUT2D eigenvalue weighted by molar-refractivity contribution is 6.32. The van der Waals surface area contributed by atoms with Crippen LogP contribution in [0.15, 0.2) is 6.33 Å². The second-order valence-corrected chi connectivity index (χ2v) is 4.58. The van der Waals surface area contributed by atoms with Crippen LogP contribution in [0.25, 0.3) is 0 Å². The van der Waals surface area contributed by atoms with Crippen molar-refractivity contribution in [2.75, 3.05) is 25.1 Å². The average molecular weight is 272 g/mol. The number of aromatic nitrogens is 2. The zero-order chi connectivity index (χ0) is 13.0. The lowest BCUT2D eigenvalue weighted by Crippen LogP contribution is -2.47. The summed E-state index contributed by atoms with van der Waals surface area (Å²) < 4.78 is 5.27. The Morgan fingerprint density at radius 3 is 2.83 bits per heavy atom. The summed E-state index contributed by atoms with van der Waals surface area (Å²) in [6, 6.07) is 0. The molecular weight excluding hydrogens is 258 g/mol. The third-order valence-corrected chi connectivity index (χ3v) is 3.39. The van der Waals surface area contributed by atoms with Gasteiger partial charge in [0, 0.05) is 13.2 Å². The number of ether oxygens (including phenoxy) is 1. The molecule has 0 spiro atoms. The highest BCUT2D eigenvalue weighted by atomic mass is 35.5. The largest absolute Gasteiger partial charge is 0.394 e. The topological polar surface area (TPSA) is 84.3 Å². The monoisotopic (exact) mass is 271 g/mol. The second kappa shape index (κ2) is 5.60. The third kappa shape index (κ3) is 2.60. The first-order chi connectivity index (χ1) is 8.71. The van der Waals surface area contributed by atoms with Crippen molar-refractivity contribution in [1.29, 1.82) is 0 Å². The minimum absolute atomic E-state index is 0.0592. The van der Waals surface area contributed by atoms with E-state index in [1.165, 1.54) is 6.33 Å². The number of aldehydes is 1. The molecule has 98 valence electrons. The Hall–Kier alpha value is -1.24. The molecule has 1 fully saturated rings. The SMILES string of the molecule is O=Cc1c(Cl)ncnc1NC1(CO)CCOCC1. The molecule has 1 aliphatic heterocycles. The summed E-state index contributed by atoms with van der Waals surface area (Å²) in [4.78, 5) is 18.7. The van der Waals surface area contributed by atoms with Crippen molar-refractivity contribution in [2.45, 2.75) is 18.4 Å². The van der Waals surface area contributed by atoms with E-state index < -0.39 is 5.54 Å². The van der Waals surface area contributed by atoms with E-state index in [1.807, 2.05) is 0 Å². The molecule has 0 aromatic carbocycles. The highest BCUT2D eigenvalue weighted by Gasteiger charge is 2.33. The first-order valence-electron chi connectivity index (χ1n) is 5.63. The lowest BCUT2D eigenvalue weighted by molar-refractivity contribution is 0.0378. The minimum Gasteiger partial charge on any atom is -0.394 e. The normalized spacial score (nSPS) is 18.3. The summed E-state index contributed by atoms with van der Waals surface area (Å²) in [5, 5.41) is 12.8. The van der Waals surface area contributed by atoms with Crippen LogP contribution in [0.3, 0.4) is 0 Å². The van der Waals surface area contributed by atoms with Gasteiger partial charge in [-0.2, -0.15) is 0 Å². The number of halogens is 1. The molecule has 2 N–H and O–H groups in total. The molecule has 0 atom stereocenters. The molecule has 18 heavy (non-hydrogen) atoms. The summed E-state index contributed by atoms with van der Waals surface area (Å²) in [7, 11) is 0. The summed E-state index contributed by atoms with van der Waals surface area (Å²) in [5.74, 6) is 0.348. The van der Waals surface area contributed by atoms with Crippen LogP contribution in [0.1, 0.15) is 23.2 Å². The number of anilines is 1. The van der Waals surface area contributed by atoms with Gasteiger partial charge in [-0.05, 0) is 12.8 Å². The Morgan fingerprint density at radius 1 is 1.50 bits per heavy atom. The standard InChI is InChI=1S/C11H14ClN3O3/c12-9-8(5-16)10(14-7-13-9)15-11(6-17)1-3-18-4-2-11/h5,7,17H,1-4,6H2,(H,13,14,15). The van der Waals surface area contributed by atoms with E-state index in [9.17, 15) is 9.90 Å². The van der Waals surface area contributed by atoms with Gasteiger partial charge in [0.15, 0.2) is 6.29 Å². The molecule has 1 aromatic rings. The molecule has 1 aromatic heterocycles. The second-order valence-electron chi connectivity index (χ2n) is 4.22. The number of aliphatic hydroxyl groups excluding tert-OH is 1. The number of nitrogens with one attached hydrogen (secondary N) is 1. The van der Waals surface area contributed by atoms with Crippen LogP contribution in [-0.2, 0) is 4.74 Å². The molecule has 1 aliphatic rings. The van der Waals surface area contributed by atoms with Crippen molar-refractivity contribution < 1.29 is 14.6 Å². The minimum atomic E-state index is -0.520. The van der Waals surface area contributed by atoms with Gasteiger partial charge in [-0.15, -0.1) is 0 Å². The fourth-order valence-corrected chi connectivity index (χ4v) is 2.09. The quantitative estimate of drug-likeness (QED) is 0.625. The molecule has 0 unspecified atom stereocenters. The Bertz CT molecular complexity index is 436. The Kier molecular flexibility index (Phi) is 4.11. The van der Waals surface area contributed by atoms with Crippen LogP contribution in [-0.4, -0.2) is 46.7 Å². The van der Waals surface area contributed by atoms with E-state index in [1.54, 1.807) is 0 Å². The lowest BCUT2D eigenvalue weighted by Gasteiger charge is -2.37. The maximum absolute atomic E-state index is 11.0. The van der Waals surface area contributed by atoms with Gasteiger partial charge >= 0.3 is 0 Å². The Labute approximate surface area is 109 Å². The average Bonchev–Trinajstić information content (AvgIpc) is 2.40. The summed E-state index contributed by atoms with van der Waals surface area (Å²) in [6.45, 7) is 1.06. The van der Waals surface area contributed by atoms with Gasteiger partial charge in [-0.25, -0.2) is 9.97 Å². The predicted molar refractivity (Wildman–Crippen MR) is 65.9 cm³/mol. The van der Waals surface area contributed by atoms with Gasteiger partial charge in [-0.3, -0.25) is 4.79 Å². The maximum atomic E-state index is 11.0. The van der Waals surface area contributed by atoms with Crippen molar-refractivity contribution in [1.82, 2.24) is 9.97 Å². The Morgan fingerprint density at radius 2 is 2.22 bits per heavy atom. The first kappa shape index (κ1) is 13.2. The number of carbonyl (C=O) groups excluding carboxylic acids is 1. The van der Waals surface area contributed by atoms with E-state index in [0.717, 1.165) is 0 Å². The van der Waals surface area contributed by atoms with Crippen LogP contribution < -0.4 is 5.32 Å². The number of aliphatic hydroxyl groups is 1. The molecule has 0 radical (unpaired) electrons. The number of rotatable bonds is 4. The van der Waals surface area contributed by atoms with Gasteiger partial charge in [-0.1, -0.05) is 11.6 Å². The van der Waals surface area contributed by atoms with Crippen LogP contribution in [0.4, 0.5) is 5.82 Å². The van der Waals surface area contributed by atoms with Gasteiger partial charge in [0.25, 0.3) is 0 Å². The van der Waals surface area contributed by atoms with E-state index >= 15 is 0 Å². The molecule has 0 amide bonds. The molecule has 6 nitrogen and oxygen atoms in total. The van der Waals surface area contributed by atoms with Gasteiger partial charge in [0.1, 0.15) is 17.3 Å². The molecule has 1 saturated heterocycles. The fraction of sp³-hybridized carbons (Fsp3) is 0.545. The molecule has 2 heterocycles. The molecule has 0 bridgehead atoms. The van der Waals surface area contributed by atoms with Crippen LogP contribution >= 0.6 is 11.6 Å². The Balaban J connectivity index is 2.26. The van der Waals surface area contributed by atoms with E-state index in [2.05, 4.69) is 15.3 Å². The van der Waals surface area contributed by atoms with E-state index in [4.69, 9.17) is 16.3 Å². The van der Waals surface area contributed by atoms with Crippen molar-refractivity contribution in [3.8, 4) is 0 Å². The summed E-state index contributed by atoms with van der Waals surface area (Å²) in [5.41, 5.74) is -0.313. The predicted octanol–water partition coefficient (Wildman–Crippen LogP) is 0.896. The van der Waals surface area contributed by atoms with Crippen molar-refractivity contribution in [3.05, 3.63) is 17.0 Å². The highest BCUT2D eigenvalue weighted by Crippen LogP contribution is 2.27. The van der Waals surface area contributed by atoms with Crippen LogP contribution in [0, 0.1) is 0 Å². The zero-order valence-electron chi connectivity index (χ0n) is 9.73. The van der Waals surface area contributed by atoms with E-state index in [-0.39, 0.29) is 17.3 Å². The maximum Gasteiger partial charge on any atom is 0.156 e. The summed E-state index contributed by atoms with van der Waals surface area (Å²) in [6.07, 6.45) is 3.17. The molecule has 2 rings (SSSR count). The summed E-state index contributed by atoms with van der Waals surface area (Å²) >= 11 is 5.83. The number of hydrogen-bond donors (Lipinski definition) is 2. The number of hydrogen-bond acceptors (Lipinski definition) is 6. The van der Waals surface area contributed by atoms with Gasteiger partial charge in [0.2, 0.25) is 0 Å². The van der Waals surface area contributed by atoms with Crippen LogP contribution in [0.5, 0.6) is 0 Å². The first-order valence-corrected chi connectivity index (χ1v) is 6.01. The smallest absolute Gasteiger partial charge is 0.156 e.